The standard InChI is InChI=1S/C17H22/c1-4-8-15-13-16(17(15,2)3)12-11-14-9-6-5-7-10-14/h4-7,9-12,15-16H,1,8,13H2,2-3H3/b12-11-/t15-,16+/m0/s1. The van der Waals surface area contributed by atoms with E-state index < -0.39 is 0 Å². The third kappa shape index (κ3) is 2.52. The molecule has 1 aromatic carbocycles. The molecule has 0 saturated heterocycles. The molecular formula is C17H22. The first-order valence-electron chi connectivity index (χ1n) is 6.48. The van der Waals surface area contributed by atoms with Gasteiger partial charge in [-0.15, -0.1) is 6.58 Å². The first-order chi connectivity index (χ1) is 8.14. The number of rotatable bonds is 4. The molecule has 1 aromatic rings. The van der Waals surface area contributed by atoms with Crippen molar-refractivity contribution in [1.29, 1.82) is 0 Å². The van der Waals surface area contributed by atoms with E-state index in [0.29, 0.717) is 11.3 Å². The summed E-state index contributed by atoms with van der Waals surface area (Å²) in [5, 5.41) is 0. The lowest BCUT2D eigenvalue weighted by atomic mass is 9.54. The highest BCUT2D eigenvalue weighted by atomic mass is 14.5. The molecule has 1 saturated carbocycles. The minimum atomic E-state index is 0.430. The smallest absolute Gasteiger partial charge is 0.0173 e. The van der Waals surface area contributed by atoms with Crippen LogP contribution in [0.1, 0.15) is 32.3 Å². The minimum Gasteiger partial charge on any atom is -0.103 e. The Hall–Kier alpha value is -1.30. The highest BCUT2D eigenvalue weighted by Crippen LogP contribution is 2.53. The van der Waals surface area contributed by atoms with Crippen molar-refractivity contribution in [1.82, 2.24) is 0 Å². The van der Waals surface area contributed by atoms with E-state index >= 15 is 0 Å². The lowest BCUT2D eigenvalue weighted by Gasteiger charge is -2.51. The molecular weight excluding hydrogens is 204 g/mol. The molecule has 0 spiro atoms. The zero-order chi connectivity index (χ0) is 12.3. The van der Waals surface area contributed by atoms with Gasteiger partial charge in [0.05, 0.1) is 0 Å². The normalized spacial score (nSPS) is 26.7. The monoisotopic (exact) mass is 226 g/mol. The molecule has 1 aliphatic rings. The molecule has 0 bridgehead atoms. The summed E-state index contributed by atoms with van der Waals surface area (Å²) in [4.78, 5) is 0. The van der Waals surface area contributed by atoms with Crippen LogP contribution in [0.2, 0.25) is 0 Å². The Labute approximate surface area is 105 Å². The maximum Gasteiger partial charge on any atom is -0.0173 e. The van der Waals surface area contributed by atoms with Gasteiger partial charge in [-0.25, -0.2) is 0 Å². The molecule has 0 amide bonds. The van der Waals surface area contributed by atoms with Crippen molar-refractivity contribution < 1.29 is 0 Å². The summed E-state index contributed by atoms with van der Waals surface area (Å²) in [6, 6.07) is 10.6. The first kappa shape index (κ1) is 12.2. The number of hydrogen-bond donors (Lipinski definition) is 0. The van der Waals surface area contributed by atoms with Crippen LogP contribution < -0.4 is 0 Å². The number of allylic oxidation sites excluding steroid dienone is 2. The van der Waals surface area contributed by atoms with Crippen LogP contribution in [-0.2, 0) is 0 Å². The molecule has 2 rings (SSSR count). The molecule has 0 N–H and O–H groups in total. The fraction of sp³-hybridized carbons (Fsp3) is 0.412. The molecule has 0 unspecified atom stereocenters. The fourth-order valence-electron chi connectivity index (χ4n) is 2.78. The Bertz CT molecular complexity index is 397. The second-order valence-electron chi connectivity index (χ2n) is 5.65. The van der Waals surface area contributed by atoms with Gasteiger partial charge in [0.2, 0.25) is 0 Å². The molecule has 0 aliphatic heterocycles. The molecule has 17 heavy (non-hydrogen) atoms. The van der Waals surface area contributed by atoms with Gasteiger partial charge in [0.1, 0.15) is 0 Å². The maximum atomic E-state index is 3.85. The molecule has 1 fully saturated rings. The van der Waals surface area contributed by atoms with E-state index in [1.165, 1.54) is 12.0 Å². The Kier molecular flexibility index (Phi) is 3.51. The van der Waals surface area contributed by atoms with Gasteiger partial charge in [-0.1, -0.05) is 62.4 Å². The molecule has 1 aliphatic carbocycles. The second-order valence-corrected chi connectivity index (χ2v) is 5.65. The Morgan fingerprint density at radius 3 is 2.59 bits per heavy atom. The molecule has 0 heterocycles. The van der Waals surface area contributed by atoms with Gasteiger partial charge < -0.3 is 0 Å². The number of hydrogen-bond acceptors (Lipinski definition) is 0. The van der Waals surface area contributed by atoms with Crippen molar-refractivity contribution in [3.8, 4) is 0 Å². The molecule has 0 aromatic heterocycles. The van der Waals surface area contributed by atoms with Gasteiger partial charge in [-0.05, 0) is 35.7 Å². The summed E-state index contributed by atoms with van der Waals surface area (Å²) >= 11 is 0. The van der Waals surface area contributed by atoms with E-state index in [1.54, 1.807) is 0 Å². The first-order valence-corrected chi connectivity index (χ1v) is 6.48. The topological polar surface area (TPSA) is 0 Å². The SMILES string of the molecule is C=CC[C@H]1C[C@@H](/C=C\c2ccccc2)C1(C)C. The summed E-state index contributed by atoms with van der Waals surface area (Å²) in [6.45, 7) is 8.61. The van der Waals surface area contributed by atoms with E-state index in [4.69, 9.17) is 0 Å². The molecule has 0 nitrogen and oxygen atoms in total. The van der Waals surface area contributed by atoms with E-state index in [1.807, 2.05) is 0 Å². The highest BCUT2D eigenvalue weighted by Gasteiger charge is 2.45. The maximum absolute atomic E-state index is 3.85. The van der Waals surface area contributed by atoms with Crippen LogP contribution in [0.25, 0.3) is 6.08 Å². The zero-order valence-electron chi connectivity index (χ0n) is 10.9. The summed E-state index contributed by atoms with van der Waals surface area (Å²) in [5.41, 5.74) is 1.73. The summed E-state index contributed by atoms with van der Waals surface area (Å²) < 4.78 is 0. The van der Waals surface area contributed by atoms with Gasteiger partial charge in [0.15, 0.2) is 0 Å². The van der Waals surface area contributed by atoms with Crippen LogP contribution in [0.5, 0.6) is 0 Å². The van der Waals surface area contributed by atoms with Crippen LogP contribution in [-0.4, -0.2) is 0 Å². The van der Waals surface area contributed by atoms with Gasteiger partial charge in [0.25, 0.3) is 0 Å². The van der Waals surface area contributed by atoms with Gasteiger partial charge in [-0.2, -0.15) is 0 Å². The van der Waals surface area contributed by atoms with Crippen molar-refractivity contribution in [3.05, 3.63) is 54.6 Å². The van der Waals surface area contributed by atoms with E-state index in [-0.39, 0.29) is 0 Å². The molecule has 2 atom stereocenters. The largest absolute Gasteiger partial charge is 0.103 e. The van der Waals surface area contributed by atoms with Crippen molar-refractivity contribution in [2.75, 3.05) is 0 Å². The van der Waals surface area contributed by atoms with Crippen LogP contribution in [0.15, 0.2) is 49.1 Å². The van der Waals surface area contributed by atoms with E-state index in [9.17, 15) is 0 Å². The highest BCUT2D eigenvalue weighted by molar-refractivity contribution is 5.49. The van der Waals surface area contributed by atoms with Crippen molar-refractivity contribution in [2.45, 2.75) is 26.7 Å². The summed E-state index contributed by atoms with van der Waals surface area (Å²) in [7, 11) is 0. The van der Waals surface area contributed by atoms with E-state index in [2.05, 4.69) is 69.0 Å². The van der Waals surface area contributed by atoms with Gasteiger partial charge in [0, 0.05) is 0 Å². The van der Waals surface area contributed by atoms with Crippen molar-refractivity contribution in [2.24, 2.45) is 17.3 Å². The average molecular weight is 226 g/mol. The average Bonchev–Trinajstić information content (AvgIpc) is 2.34. The van der Waals surface area contributed by atoms with Gasteiger partial charge in [-0.3, -0.25) is 0 Å². The third-order valence-corrected chi connectivity index (χ3v) is 4.32. The Balaban J connectivity index is 1.98. The molecule has 90 valence electrons. The third-order valence-electron chi connectivity index (χ3n) is 4.32. The van der Waals surface area contributed by atoms with Crippen LogP contribution in [0, 0.1) is 17.3 Å². The minimum absolute atomic E-state index is 0.430. The van der Waals surface area contributed by atoms with Crippen LogP contribution in [0.4, 0.5) is 0 Å². The number of benzene rings is 1. The predicted molar refractivity (Wildman–Crippen MR) is 75.7 cm³/mol. The molecule has 0 radical (unpaired) electrons. The lowest BCUT2D eigenvalue weighted by molar-refractivity contribution is 0.0146. The Morgan fingerprint density at radius 1 is 1.29 bits per heavy atom. The fourth-order valence-corrected chi connectivity index (χ4v) is 2.78. The zero-order valence-corrected chi connectivity index (χ0v) is 10.9. The van der Waals surface area contributed by atoms with E-state index in [0.717, 1.165) is 12.3 Å². The van der Waals surface area contributed by atoms with Gasteiger partial charge >= 0.3 is 0 Å². The summed E-state index contributed by atoms with van der Waals surface area (Å²) in [6.07, 6.45) is 9.17. The van der Waals surface area contributed by atoms with Crippen LogP contribution in [0.3, 0.4) is 0 Å². The van der Waals surface area contributed by atoms with Crippen LogP contribution >= 0.6 is 0 Å². The quantitative estimate of drug-likeness (QED) is 0.638. The van der Waals surface area contributed by atoms with Crippen molar-refractivity contribution in [3.63, 3.8) is 0 Å². The Morgan fingerprint density at radius 2 is 2.00 bits per heavy atom. The molecule has 0 heteroatoms. The second kappa shape index (κ2) is 4.91. The lowest BCUT2D eigenvalue weighted by Crippen LogP contribution is -2.43. The predicted octanol–water partition coefficient (Wildman–Crippen LogP) is 4.94. The summed E-state index contributed by atoms with van der Waals surface area (Å²) in [5.74, 6) is 1.53. The van der Waals surface area contributed by atoms with Crippen molar-refractivity contribution >= 4 is 6.08 Å².